The average molecular weight is 216 g/mol. The summed E-state index contributed by atoms with van der Waals surface area (Å²) < 4.78 is 0. The Morgan fingerprint density at radius 1 is 1.20 bits per heavy atom. The fraction of sp³-hybridized carbons (Fsp3) is 0.800. The van der Waals surface area contributed by atoms with Crippen LogP contribution >= 0.6 is 0 Å². The van der Waals surface area contributed by atoms with Crippen molar-refractivity contribution in [3.63, 3.8) is 0 Å². The Labute approximate surface area is 90.2 Å². The standard InChI is InChI=1S/C10H20N2O3/c1-6(2)7(11-9(14)15)8(13)12-10(3,4)5/h6-7,11H,1-5H3,(H,12,13)(H,14,15). The molecule has 1 unspecified atom stereocenters. The van der Waals surface area contributed by atoms with Gasteiger partial charge in [-0.2, -0.15) is 0 Å². The molecule has 0 aliphatic carbocycles. The molecule has 0 fully saturated rings. The second-order valence-corrected chi connectivity index (χ2v) is 4.91. The van der Waals surface area contributed by atoms with Crippen LogP contribution in [-0.4, -0.2) is 28.7 Å². The number of carboxylic acid groups (broad SMARTS) is 1. The summed E-state index contributed by atoms with van der Waals surface area (Å²) in [7, 11) is 0. The van der Waals surface area contributed by atoms with Gasteiger partial charge >= 0.3 is 6.09 Å². The van der Waals surface area contributed by atoms with Crippen molar-refractivity contribution in [3.8, 4) is 0 Å². The summed E-state index contributed by atoms with van der Waals surface area (Å²) in [5.41, 5.74) is -0.357. The molecule has 88 valence electrons. The number of nitrogens with one attached hydrogen (secondary N) is 2. The third-order valence-electron chi connectivity index (χ3n) is 1.73. The van der Waals surface area contributed by atoms with Crippen molar-refractivity contribution in [2.75, 3.05) is 0 Å². The predicted molar refractivity (Wildman–Crippen MR) is 57.7 cm³/mol. The van der Waals surface area contributed by atoms with Gasteiger partial charge in [0.2, 0.25) is 5.91 Å². The fourth-order valence-electron chi connectivity index (χ4n) is 1.12. The second kappa shape index (κ2) is 5.00. The number of hydrogen-bond donors (Lipinski definition) is 3. The van der Waals surface area contributed by atoms with Gasteiger partial charge < -0.3 is 15.7 Å². The molecule has 0 aliphatic heterocycles. The Morgan fingerprint density at radius 2 is 1.67 bits per heavy atom. The fourth-order valence-corrected chi connectivity index (χ4v) is 1.12. The van der Waals surface area contributed by atoms with Gasteiger partial charge in [0.05, 0.1) is 0 Å². The first-order valence-electron chi connectivity index (χ1n) is 4.95. The molecule has 0 saturated carbocycles. The first kappa shape index (κ1) is 13.7. The molecule has 0 radical (unpaired) electrons. The largest absolute Gasteiger partial charge is 0.465 e. The van der Waals surface area contributed by atoms with Crippen molar-refractivity contribution < 1.29 is 14.7 Å². The first-order chi connectivity index (χ1) is 6.63. The van der Waals surface area contributed by atoms with Gasteiger partial charge in [0, 0.05) is 5.54 Å². The summed E-state index contributed by atoms with van der Waals surface area (Å²) in [5.74, 6) is -0.372. The zero-order chi connectivity index (χ0) is 12.2. The lowest BCUT2D eigenvalue weighted by Gasteiger charge is -2.26. The molecule has 0 rings (SSSR count). The third kappa shape index (κ3) is 5.93. The van der Waals surface area contributed by atoms with E-state index in [2.05, 4.69) is 10.6 Å². The van der Waals surface area contributed by atoms with E-state index in [1.807, 2.05) is 20.8 Å². The summed E-state index contributed by atoms with van der Waals surface area (Å²) in [4.78, 5) is 22.2. The lowest BCUT2D eigenvalue weighted by Crippen LogP contribution is -2.53. The molecule has 0 aromatic heterocycles. The van der Waals surface area contributed by atoms with Gasteiger partial charge in [-0.25, -0.2) is 4.79 Å². The van der Waals surface area contributed by atoms with Crippen LogP contribution in [0.3, 0.4) is 0 Å². The Kier molecular flexibility index (Phi) is 4.58. The average Bonchev–Trinajstić information content (AvgIpc) is 1.95. The van der Waals surface area contributed by atoms with Crippen LogP contribution in [0.15, 0.2) is 0 Å². The number of carbonyl (C=O) groups is 2. The maximum Gasteiger partial charge on any atom is 0.405 e. The summed E-state index contributed by atoms with van der Waals surface area (Å²) in [6.07, 6.45) is -1.18. The molecule has 0 bridgehead atoms. The number of hydrogen-bond acceptors (Lipinski definition) is 2. The normalized spacial score (nSPS) is 13.5. The maximum absolute atomic E-state index is 11.7. The second-order valence-electron chi connectivity index (χ2n) is 4.91. The highest BCUT2D eigenvalue weighted by atomic mass is 16.4. The minimum Gasteiger partial charge on any atom is -0.465 e. The molecule has 0 heterocycles. The zero-order valence-corrected chi connectivity index (χ0v) is 9.92. The van der Waals surface area contributed by atoms with Crippen LogP contribution in [0.2, 0.25) is 0 Å². The van der Waals surface area contributed by atoms with Gasteiger partial charge in [-0.3, -0.25) is 4.79 Å². The lowest BCUT2D eigenvalue weighted by molar-refractivity contribution is -0.125. The van der Waals surface area contributed by atoms with Crippen LogP contribution in [0, 0.1) is 5.92 Å². The van der Waals surface area contributed by atoms with Gasteiger partial charge in [0.1, 0.15) is 6.04 Å². The number of carbonyl (C=O) groups excluding carboxylic acids is 1. The van der Waals surface area contributed by atoms with E-state index in [0.717, 1.165) is 0 Å². The maximum atomic E-state index is 11.7. The highest BCUT2D eigenvalue weighted by molar-refractivity contribution is 5.85. The molecular formula is C10H20N2O3. The SMILES string of the molecule is CC(C)C(NC(=O)O)C(=O)NC(C)(C)C. The molecule has 2 amide bonds. The molecule has 0 saturated heterocycles. The molecule has 1 atom stereocenters. The molecule has 0 aromatic rings. The molecule has 0 aromatic carbocycles. The number of amides is 2. The van der Waals surface area contributed by atoms with E-state index in [9.17, 15) is 9.59 Å². The minimum absolute atomic E-state index is 0.0801. The summed E-state index contributed by atoms with van der Waals surface area (Å²) in [5, 5.41) is 13.5. The smallest absolute Gasteiger partial charge is 0.405 e. The van der Waals surface area contributed by atoms with Crippen LogP contribution in [0.4, 0.5) is 4.79 Å². The topological polar surface area (TPSA) is 78.4 Å². The van der Waals surface area contributed by atoms with Gasteiger partial charge in [-0.15, -0.1) is 0 Å². The molecular weight excluding hydrogens is 196 g/mol. The van der Waals surface area contributed by atoms with Crippen LogP contribution in [0.25, 0.3) is 0 Å². The van der Waals surface area contributed by atoms with E-state index in [1.165, 1.54) is 0 Å². The third-order valence-corrected chi connectivity index (χ3v) is 1.73. The van der Waals surface area contributed by atoms with Crippen molar-refractivity contribution >= 4 is 12.0 Å². The minimum atomic E-state index is -1.18. The van der Waals surface area contributed by atoms with Crippen LogP contribution in [0.5, 0.6) is 0 Å². The molecule has 5 nitrogen and oxygen atoms in total. The Bertz CT molecular complexity index is 244. The zero-order valence-electron chi connectivity index (χ0n) is 9.92. The Morgan fingerprint density at radius 3 is 1.93 bits per heavy atom. The monoisotopic (exact) mass is 216 g/mol. The summed E-state index contributed by atoms with van der Waals surface area (Å²) >= 11 is 0. The molecule has 3 N–H and O–H groups in total. The number of rotatable bonds is 3. The van der Waals surface area contributed by atoms with Gasteiger partial charge in [-0.05, 0) is 26.7 Å². The van der Waals surface area contributed by atoms with Crippen LogP contribution in [0.1, 0.15) is 34.6 Å². The Balaban J connectivity index is 4.50. The van der Waals surface area contributed by atoms with Crippen LogP contribution < -0.4 is 10.6 Å². The van der Waals surface area contributed by atoms with E-state index >= 15 is 0 Å². The highest BCUT2D eigenvalue weighted by Gasteiger charge is 2.26. The van der Waals surface area contributed by atoms with Crippen LogP contribution in [-0.2, 0) is 4.79 Å². The predicted octanol–water partition coefficient (Wildman–Crippen LogP) is 1.19. The van der Waals surface area contributed by atoms with E-state index in [4.69, 9.17) is 5.11 Å². The lowest BCUT2D eigenvalue weighted by atomic mass is 10.0. The molecule has 0 aliphatic rings. The molecule has 5 heteroatoms. The summed E-state index contributed by atoms with van der Waals surface area (Å²) in [6, 6.07) is -0.707. The quantitative estimate of drug-likeness (QED) is 0.663. The van der Waals surface area contributed by atoms with E-state index in [0.29, 0.717) is 0 Å². The van der Waals surface area contributed by atoms with E-state index < -0.39 is 12.1 Å². The summed E-state index contributed by atoms with van der Waals surface area (Å²) in [6.45, 7) is 9.14. The van der Waals surface area contributed by atoms with Crippen molar-refractivity contribution in [3.05, 3.63) is 0 Å². The van der Waals surface area contributed by atoms with Gasteiger partial charge in [-0.1, -0.05) is 13.8 Å². The van der Waals surface area contributed by atoms with Crippen molar-refractivity contribution in [1.29, 1.82) is 0 Å². The first-order valence-corrected chi connectivity index (χ1v) is 4.95. The molecule has 15 heavy (non-hydrogen) atoms. The van der Waals surface area contributed by atoms with Gasteiger partial charge in [0.15, 0.2) is 0 Å². The van der Waals surface area contributed by atoms with Crippen molar-refractivity contribution in [2.24, 2.45) is 5.92 Å². The van der Waals surface area contributed by atoms with E-state index in [1.54, 1.807) is 13.8 Å². The molecule has 0 spiro atoms. The highest BCUT2D eigenvalue weighted by Crippen LogP contribution is 2.05. The Hall–Kier alpha value is -1.26. The van der Waals surface area contributed by atoms with Crippen molar-refractivity contribution in [2.45, 2.75) is 46.2 Å². The van der Waals surface area contributed by atoms with Gasteiger partial charge in [0.25, 0.3) is 0 Å². The van der Waals surface area contributed by atoms with E-state index in [-0.39, 0.29) is 17.4 Å². The van der Waals surface area contributed by atoms with Crippen molar-refractivity contribution in [1.82, 2.24) is 10.6 Å².